The number of pyridine rings is 1. The van der Waals surface area contributed by atoms with Gasteiger partial charge in [-0.3, -0.25) is 9.59 Å². The van der Waals surface area contributed by atoms with Gasteiger partial charge in [-0.25, -0.2) is 0 Å². The summed E-state index contributed by atoms with van der Waals surface area (Å²) in [6, 6.07) is 10.0. The molecule has 1 aromatic heterocycles. The van der Waals surface area contributed by atoms with Crippen LogP contribution >= 0.6 is 0 Å². The Morgan fingerprint density at radius 2 is 2.00 bits per heavy atom. The van der Waals surface area contributed by atoms with Crippen LogP contribution in [0.15, 0.2) is 47.4 Å². The van der Waals surface area contributed by atoms with Crippen LogP contribution in [0.4, 0.5) is 0 Å². The van der Waals surface area contributed by atoms with Crippen LogP contribution in [-0.4, -0.2) is 24.1 Å². The lowest BCUT2D eigenvalue weighted by Crippen LogP contribution is -2.21. The molecule has 1 aromatic carbocycles. The minimum Gasteiger partial charge on any atom is -0.490 e. The third-order valence-electron chi connectivity index (χ3n) is 2.89. The molecule has 5 nitrogen and oxygen atoms in total. The van der Waals surface area contributed by atoms with Crippen LogP contribution < -0.4 is 15.0 Å². The molecule has 2 aromatic rings. The average Bonchev–Trinajstić information content (AvgIpc) is 2.51. The highest BCUT2D eigenvalue weighted by molar-refractivity contribution is 5.76. The number of nitrogens with zero attached hydrogens (tertiary/aromatic N) is 1. The molecule has 0 unspecified atom stereocenters. The van der Waals surface area contributed by atoms with E-state index < -0.39 is 0 Å². The lowest BCUT2D eigenvalue weighted by Gasteiger charge is -2.12. The van der Waals surface area contributed by atoms with Crippen LogP contribution in [0, 0.1) is 0 Å². The molecule has 1 heterocycles. The second-order valence-corrected chi connectivity index (χ2v) is 4.34. The maximum Gasteiger partial charge on any atom is 0.250 e. The summed E-state index contributed by atoms with van der Waals surface area (Å²) in [5.41, 5.74) is 0.465. The number of aromatic nitrogens is 1. The van der Waals surface area contributed by atoms with E-state index in [-0.39, 0.29) is 5.56 Å². The molecule has 0 amide bonds. The van der Waals surface area contributed by atoms with Gasteiger partial charge in [-0.2, -0.15) is 0 Å². The fraction of sp³-hybridized carbons (Fsp3) is 0.250. The summed E-state index contributed by atoms with van der Waals surface area (Å²) >= 11 is 0. The Morgan fingerprint density at radius 1 is 1.14 bits per heavy atom. The SMILES string of the molecule is CCOc1cc(C=O)ccc1OCCn1ccccc1=O. The van der Waals surface area contributed by atoms with Gasteiger partial charge in [0.05, 0.1) is 13.2 Å². The van der Waals surface area contributed by atoms with E-state index in [2.05, 4.69) is 0 Å². The first-order chi connectivity index (χ1) is 10.2. The zero-order valence-electron chi connectivity index (χ0n) is 11.8. The van der Waals surface area contributed by atoms with E-state index in [0.717, 1.165) is 6.29 Å². The molecule has 110 valence electrons. The first-order valence-electron chi connectivity index (χ1n) is 6.75. The van der Waals surface area contributed by atoms with Gasteiger partial charge in [-0.15, -0.1) is 0 Å². The van der Waals surface area contributed by atoms with E-state index in [1.165, 1.54) is 6.07 Å². The lowest BCUT2D eigenvalue weighted by molar-refractivity contribution is 0.112. The van der Waals surface area contributed by atoms with Crippen molar-refractivity contribution in [3.8, 4) is 11.5 Å². The van der Waals surface area contributed by atoms with Crippen LogP contribution in [0.25, 0.3) is 0 Å². The summed E-state index contributed by atoms with van der Waals surface area (Å²) < 4.78 is 12.7. The Labute approximate surface area is 122 Å². The van der Waals surface area contributed by atoms with Crippen molar-refractivity contribution in [2.24, 2.45) is 0 Å². The fourth-order valence-electron chi connectivity index (χ4n) is 1.88. The highest BCUT2D eigenvalue weighted by Gasteiger charge is 2.06. The summed E-state index contributed by atoms with van der Waals surface area (Å²) in [6.07, 6.45) is 2.47. The Balaban J connectivity index is 2.04. The third-order valence-corrected chi connectivity index (χ3v) is 2.89. The predicted octanol–water partition coefficient (Wildman–Crippen LogP) is 2.14. The molecule has 0 bridgehead atoms. The minimum absolute atomic E-state index is 0.0672. The van der Waals surface area contributed by atoms with Gasteiger partial charge in [0.2, 0.25) is 0 Å². The zero-order valence-corrected chi connectivity index (χ0v) is 11.8. The van der Waals surface area contributed by atoms with Crippen LogP contribution in [-0.2, 0) is 6.54 Å². The molecule has 0 saturated heterocycles. The molecule has 5 heteroatoms. The molecule has 0 fully saturated rings. The second-order valence-electron chi connectivity index (χ2n) is 4.34. The van der Waals surface area contributed by atoms with Gasteiger partial charge in [0.25, 0.3) is 5.56 Å². The van der Waals surface area contributed by atoms with E-state index >= 15 is 0 Å². The van der Waals surface area contributed by atoms with Crippen LogP contribution in [0.3, 0.4) is 0 Å². The normalized spacial score (nSPS) is 10.1. The Bertz CT molecular complexity index is 663. The van der Waals surface area contributed by atoms with Crippen LogP contribution in [0.1, 0.15) is 17.3 Å². The van der Waals surface area contributed by atoms with Crippen LogP contribution in [0.2, 0.25) is 0 Å². The molecular formula is C16H17NO4. The number of carbonyl (C=O) groups excluding carboxylic acids is 1. The maximum atomic E-state index is 11.6. The highest BCUT2D eigenvalue weighted by Crippen LogP contribution is 2.27. The molecular weight excluding hydrogens is 270 g/mol. The summed E-state index contributed by atoms with van der Waals surface area (Å²) in [6.45, 7) is 3.13. The van der Waals surface area contributed by atoms with E-state index in [1.807, 2.05) is 6.92 Å². The minimum atomic E-state index is -0.0672. The van der Waals surface area contributed by atoms with Gasteiger partial charge in [-0.1, -0.05) is 6.07 Å². The molecule has 2 rings (SSSR count). The first kappa shape index (κ1) is 14.8. The van der Waals surface area contributed by atoms with Crippen molar-refractivity contribution < 1.29 is 14.3 Å². The van der Waals surface area contributed by atoms with Crippen molar-refractivity contribution in [1.29, 1.82) is 0 Å². The number of hydrogen-bond acceptors (Lipinski definition) is 4. The number of aldehydes is 1. The molecule has 0 spiro atoms. The molecule has 0 radical (unpaired) electrons. The van der Waals surface area contributed by atoms with Gasteiger partial charge in [0.15, 0.2) is 11.5 Å². The second kappa shape index (κ2) is 7.28. The molecule has 0 atom stereocenters. The molecule has 0 N–H and O–H groups in total. The molecule has 0 aliphatic heterocycles. The van der Waals surface area contributed by atoms with E-state index in [0.29, 0.717) is 36.8 Å². The predicted molar refractivity (Wildman–Crippen MR) is 79.2 cm³/mol. The van der Waals surface area contributed by atoms with Gasteiger partial charge in [0.1, 0.15) is 12.9 Å². The molecule has 0 aliphatic carbocycles. The average molecular weight is 287 g/mol. The molecule has 0 aliphatic rings. The van der Waals surface area contributed by atoms with Gasteiger partial charge in [-0.05, 0) is 31.2 Å². The van der Waals surface area contributed by atoms with Crippen molar-refractivity contribution in [3.05, 3.63) is 58.5 Å². The summed E-state index contributed by atoms with van der Waals surface area (Å²) in [5.74, 6) is 1.09. The summed E-state index contributed by atoms with van der Waals surface area (Å²) in [5, 5.41) is 0. The Hall–Kier alpha value is -2.56. The highest BCUT2D eigenvalue weighted by atomic mass is 16.5. The quantitative estimate of drug-likeness (QED) is 0.732. The van der Waals surface area contributed by atoms with Gasteiger partial charge < -0.3 is 14.0 Å². The van der Waals surface area contributed by atoms with Crippen molar-refractivity contribution in [1.82, 2.24) is 4.57 Å². The fourth-order valence-corrected chi connectivity index (χ4v) is 1.88. The van der Waals surface area contributed by atoms with Crippen molar-refractivity contribution in [3.63, 3.8) is 0 Å². The standard InChI is InChI=1S/C16H17NO4/c1-2-20-15-11-13(12-18)6-7-14(15)21-10-9-17-8-4-3-5-16(17)19/h3-8,11-12H,2,9-10H2,1H3. The number of benzene rings is 1. The van der Waals surface area contributed by atoms with Crippen molar-refractivity contribution >= 4 is 6.29 Å². The monoisotopic (exact) mass is 287 g/mol. The largest absolute Gasteiger partial charge is 0.490 e. The lowest BCUT2D eigenvalue weighted by atomic mass is 10.2. The van der Waals surface area contributed by atoms with E-state index in [9.17, 15) is 9.59 Å². The maximum absolute atomic E-state index is 11.6. The third kappa shape index (κ3) is 3.95. The van der Waals surface area contributed by atoms with Crippen LogP contribution in [0.5, 0.6) is 11.5 Å². The topological polar surface area (TPSA) is 57.5 Å². The number of ether oxygens (including phenoxy) is 2. The first-order valence-corrected chi connectivity index (χ1v) is 6.75. The van der Waals surface area contributed by atoms with Crippen molar-refractivity contribution in [2.75, 3.05) is 13.2 Å². The van der Waals surface area contributed by atoms with Crippen molar-refractivity contribution in [2.45, 2.75) is 13.5 Å². The summed E-state index contributed by atoms with van der Waals surface area (Å²) in [4.78, 5) is 22.3. The van der Waals surface area contributed by atoms with Gasteiger partial charge >= 0.3 is 0 Å². The Kier molecular flexibility index (Phi) is 5.15. The summed E-state index contributed by atoms with van der Waals surface area (Å²) in [7, 11) is 0. The number of carbonyl (C=O) groups is 1. The van der Waals surface area contributed by atoms with E-state index in [4.69, 9.17) is 9.47 Å². The Morgan fingerprint density at radius 3 is 2.71 bits per heavy atom. The number of hydrogen-bond donors (Lipinski definition) is 0. The number of rotatable bonds is 7. The molecule has 0 saturated carbocycles. The molecule has 21 heavy (non-hydrogen) atoms. The zero-order chi connectivity index (χ0) is 15.1. The van der Waals surface area contributed by atoms with E-state index in [1.54, 1.807) is 41.1 Å². The van der Waals surface area contributed by atoms with Gasteiger partial charge in [0, 0.05) is 17.8 Å². The smallest absolute Gasteiger partial charge is 0.250 e.